The van der Waals surface area contributed by atoms with Crippen molar-refractivity contribution in [3.05, 3.63) is 53.6 Å². The van der Waals surface area contributed by atoms with Gasteiger partial charge in [-0.05, 0) is 30.7 Å². The molecular weight excluding hydrogens is 491 g/mol. The maximum absolute atomic E-state index is 13.2. The van der Waals surface area contributed by atoms with Gasteiger partial charge in [0.25, 0.3) is 0 Å². The van der Waals surface area contributed by atoms with E-state index in [1.807, 2.05) is 6.92 Å². The molecule has 11 heteroatoms. The Kier molecular flexibility index (Phi) is 9.90. The van der Waals surface area contributed by atoms with Crippen molar-refractivity contribution in [1.29, 1.82) is 0 Å². The lowest BCUT2D eigenvalue weighted by Crippen LogP contribution is -2.39. The summed E-state index contributed by atoms with van der Waals surface area (Å²) >= 11 is 0. The number of rotatable bonds is 7. The zero-order valence-electron chi connectivity index (χ0n) is 15.1. The molecule has 154 valence electrons. The van der Waals surface area contributed by atoms with E-state index >= 15 is 0 Å². The Morgan fingerprint density at radius 2 is 1.93 bits per heavy atom. The lowest BCUT2D eigenvalue weighted by Gasteiger charge is -2.12. The average Bonchev–Trinajstić information content (AvgIpc) is 2.63. The van der Waals surface area contributed by atoms with Crippen LogP contribution in [0.2, 0.25) is 0 Å². The molecule has 0 radical (unpaired) electrons. The van der Waals surface area contributed by atoms with Gasteiger partial charge in [0.05, 0.1) is 6.54 Å². The third-order valence-electron chi connectivity index (χ3n) is 3.30. The summed E-state index contributed by atoms with van der Waals surface area (Å²) in [6, 6.07) is 6.95. The van der Waals surface area contributed by atoms with Crippen LogP contribution in [0, 0.1) is 5.82 Å². The summed E-state index contributed by atoms with van der Waals surface area (Å²) in [4.78, 5) is 11.5. The summed E-state index contributed by atoms with van der Waals surface area (Å²) in [5, 5.41) is 8.78. The van der Waals surface area contributed by atoms with Crippen LogP contribution in [0.4, 0.5) is 23.5 Å². The molecule has 2 aromatic rings. The SMILES string of the molecule is CCNC(=NCc1cccc(F)c1)NCCNc1nccc(C(F)(F)F)n1.I. The molecule has 0 atom stereocenters. The Labute approximate surface area is 177 Å². The predicted molar refractivity (Wildman–Crippen MR) is 110 cm³/mol. The largest absolute Gasteiger partial charge is 0.433 e. The van der Waals surface area contributed by atoms with E-state index in [0.29, 0.717) is 19.0 Å². The number of alkyl halides is 3. The summed E-state index contributed by atoms with van der Waals surface area (Å²) in [6.07, 6.45) is -3.46. The molecule has 0 amide bonds. The van der Waals surface area contributed by atoms with Gasteiger partial charge < -0.3 is 16.0 Å². The standard InChI is InChI=1S/C17H20F4N6.HI/c1-2-22-15(26-11-12-4-3-5-13(18)10-12)24-8-9-25-16-23-7-6-14(27-16)17(19,20)21;/h3-7,10H,2,8-9,11H2,1H3,(H2,22,24,26)(H,23,25,27);1H. The van der Waals surface area contributed by atoms with Crippen LogP contribution in [0.15, 0.2) is 41.5 Å². The highest BCUT2D eigenvalue weighted by Crippen LogP contribution is 2.27. The fourth-order valence-electron chi connectivity index (χ4n) is 2.10. The molecule has 0 aliphatic rings. The normalized spacial score (nSPS) is 11.5. The summed E-state index contributed by atoms with van der Waals surface area (Å²) in [7, 11) is 0. The van der Waals surface area contributed by atoms with E-state index < -0.39 is 11.9 Å². The Bertz CT molecular complexity index is 769. The molecule has 1 aromatic heterocycles. The van der Waals surface area contributed by atoms with Crippen LogP contribution in [0.25, 0.3) is 0 Å². The van der Waals surface area contributed by atoms with Gasteiger partial charge in [0.1, 0.15) is 11.5 Å². The number of benzene rings is 1. The third-order valence-corrected chi connectivity index (χ3v) is 3.30. The van der Waals surface area contributed by atoms with Crippen LogP contribution in [-0.4, -0.2) is 35.6 Å². The highest BCUT2D eigenvalue weighted by atomic mass is 127. The highest BCUT2D eigenvalue weighted by Gasteiger charge is 2.32. The fraction of sp³-hybridized carbons (Fsp3) is 0.353. The number of hydrogen-bond donors (Lipinski definition) is 3. The summed E-state index contributed by atoms with van der Waals surface area (Å²) < 4.78 is 51.0. The number of halogens is 5. The molecule has 0 saturated carbocycles. The van der Waals surface area contributed by atoms with E-state index in [-0.39, 0.29) is 48.8 Å². The van der Waals surface area contributed by atoms with E-state index in [9.17, 15) is 17.6 Å². The second kappa shape index (κ2) is 11.6. The van der Waals surface area contributed by atoms with Gasteiger partial charge in [-0.3, -0.25) is 0 Å². The molecule has 0 saturated heterocycles. The van der Waals surface area contributed by atoms with Crippen molar-refractivity contribution < 1.29 is 17.6 Å². The first-order valence-electron chi connectivity index (χ1n) is 8.29. The topological polar surface area (TPSA) is 74.2 Å². The summed E-state index contributed by atoms with van der Waals surface area (Å²) in [5.74, 6) is 0.0767. The van der Waals surface area contributed by atoms with Crippen molar-refractivity contribution in [1.82, 2.24) is 20.6 Å². The maximum atomic E-state index is 13.2. The van der Waals surface area contributed by atoms with E-state index in [1.165, 1.54) is 12.1 Å². The van der Waals surface area contributed by atoms with E-state index in [2.05, 4.69) is 30.9 Å². The molecule has 28 heavy (non-hydrogen) atoms. The number of nitrogens with zero attached hydrogens (tertiary/aromatic N) is 3. The molecule has 0 aliphatic carbocycles. The van der Waals surface area contributed by atoms with Gasteiger partial charge >= 0.3 is 6.18 Å². The summed E-state index contributed by atoms with van der Waals surface area (Å²) in [6.45, 7) is 3.46. The number of aliphatic imine (C=N–C) groups is 1. The average molecular weight is 512 g/mol. The van der Waals surface area contributed by atoms with Crippen molar-refractivity contribution in [3.63, 3.8) is 0 Å². The van der Waals surface area contributed by atoms with Gasteiger partial charge in [-0.2, -0.15) is 13.2 Å². The molecule has 3 N–H and O–H groups in total. The lowest BCUT2D eigenvalue weighted by molar-refractivity contribution is -0.141. The predicted octanol–water partition coefficient (Wildman–Crippen LogP) is 3.42. The number of nitrogens with one attached hydrogen (secondary N) is 3. The van der Waals surface area contributed by atoms with Gasteiger partial charge in [-0.1, -0.05) is 12.1 Å². The Morgan fingerprint density at radius 1 is 1.14 bits per heavy atom. The second-order valence-corrected chi connectivity index (χ2v) is 5.44. The van der Waals surface area contributed by atoms with Crippen molar-refractivity contribution >= 4 is 35.9 Å². The molecule has 0 fully saturated rings. The van der Waals surface area contributed by atoms with Crippen LogP contribution in [0.5, 0.6) is 0 Å². The minimum Gasteiger partial charge on any atom is -0.357 e. The minimum atomic E-state index is -4.51. The van der Waals surface area contributed by atoms with Crippen LogP contribution in [0.3, 0.4) is 0 Å². The maximum Gasteiger partial charge on any atom is 0.433 e. The molecule has 6 nitrogen and oxygen atoms in total. The van der Waals surface area contributed by atoms with E-state index in [4.69, 9.17) is 0 Å². The smallest absolute Gasteiger partial charge is 0.357 e. The second-order valence-electron chi connectivity index (χ2n) is 5.44. The van der Waals surface area contributed by atoms with Crippen molar-refractivity contribution in [3.8, 4) is 0 Å². The van der Waals surface area contributed by atoms with E-state index in [1.54, 1.807) is 12.1 Å². The third kappa shape index (κ3) is 8.23. The number of guanidine groups is 1. The van der Waals surface area contributed by atoms with Crippen molar-refractivity contribution in [2.24, 2.45) is 4.99 Å². The van der Waals surface area contributed by atoms with Gasteiger partial charge in [0.2, 0.25) is 5.95 Å². The molecule has 0 bridgehead atoms. The van der Waals surface area contributed by atoms with Gasteiger partial charge in [0, 0.05) is 25.8 Å². The zero-order valence-corrected chi connectivity index (χ0v) is 17.4. The monoisotopic (exact) mass is 512 g/mol. The van der Waals surface area contributed by atoms with Crippen molar-refractivity contribution in [2.45, 2.75) is 19.6 Å². The number of aromatic nitrogens is 2. The number of hydrogen-bond acceptors (Lipinski definition) is 4. The molecule has 1 aromatic carbocycles. The van der Waals surface area contributed by atoms with Crippen LogP contribution in [-0.2, 0) is 12.7 Å². The Balaban J connectivity index is 0.00000392. The van der Waals surface area contributed by atoms with Gasteiger partial charge in [0.15, 0.2) is 5.96 Å². The first kappa shape index (κ1) is 23.9. The van der Waals surface area contributed by atoms with Gasteiger partial charge in [-0.25, -0.2) is 19.4 Å². The summed E-state index contributed by atoms with van der Waals surface area (Å²) in [5.41, 5.74) is -0.277. The molecule has 0 spiro atoms. The van der Waals surface area contributed by atoms with Crippen molar-refractivity contribution in [2.75, 3.05) is 25.0 Å². The minimum absolute atomic E-state index is 0. The number of anilines is 1. The van der Waals surface area contributed by atoms with E-state index in [0.717, 1.165) is 17.8 Å². The molecule has 0 aliphatic heterocycles. The lowest BCUT2D eigenvalue weighted by atomic mass is 10.2. The molecular formula is C17H21F4IN6. The zero-order chi connectivity index (χ0) is 19.7. The van der Waals surface area contributed by atoms with Crippen LogP contribution in [0.1, 0.15) is 18.2 Å². The van der Waals surface area contributed by atoms with Crippen LogP contribution >= 0.6 is 24.0 Å². The quantitative estimate of drug-likeness (QED) is 0.174. The molecule has 1 heterocycles. The molecule has 2 rings (SSSR count). The van der Waals surface area contributed by atoms with Crippen LogP contribution < -0.4 is 16.0 Å². The Morgan fingerprint density at radius 3 is 2.61 bits per heavy atom. The highest BCUT2D eigenvalue weighted by molar-refractivity contribution is 14.0. The molecule has 0 unspecified atom stereocenters. The first-order valence-corrected chi connectivity index (χ1v) is 8.29. The Hall–Kier alpha value is -2.18. The first-order chi connectivity index (χ1) is 12.9. The fourth-order valence-corrected chi connectivity index (χ4v) is 2.10. The van der Waals surface area contributed by atoms with Gasteiger partial charge in [-0.15, -0.1) is 24.0 Å².